The predicted molar refractivity (Wildman–Crippen MR) is 63.2 cm³/mol. The fourth-order valence-electron chi connectivity index (χ4n) is 0.798. The van der Waals surface area contributed by atoms with Gasteiger partial charge in [-0.2, -0.15) is 0 Å². The van der Waals surface area contributed by atoms with Crippen molar-refractivity contribution < 1.29 is 0 Å². The molecule has 0 fully saturated rings. The van der Waals surface area contributed by atoms with Crippen molar-refractivity contribution in [3.05, 3.63) is 33.3 Å². The third-order valence-electron chi connectivity index (χ3n) is 1.35. The first-order valence-corrected chi connectivity index (χ1v) is 6.51. The maximum absolute atomic E-state index is 5.71. The molecule has 0 amide bonds. The van der Waals surface area contributed by atoms with Gasteiger partial charge in [-0.25, -0.2) is 9.97 Å². The van der Waals surface area contributed by atoms with Crippen molar-refractivity contribution >= 4 is 50.6 Å². The highest BCUT2D eigenvalue weighted by Gasteiger charge is 2.03. The smallest absolute Gasteiger partial charge is 0.157 e. The van der Waals surface area contributed by atoms with Crippen LogP contribution in [0, 0.1) is 0 Å². The Labute approximate surface area is 103 Å². The molecule has 2 aromatic rings. The van der Waals surface area contributed by atoms with E-state index in [4.69, 9.17) is 11.6 Å². The summed E-state index contributed by atoms with van der Waals surface area (Å²) in [6, 6.07) is 3.88. The zero-order valence-electron chi connectivity index (χ0n) is 6.78. The van der Waals surface area contributed by atoms with E-state index in [1.54, 1.807) is 6.20 Å². The van der Waals surface area contributed by atoms with E-state index in [0.29, 0.717) is 5.15 Å². The average Bonchev–Trinajstić information content (AvgIpc) is 2.56. The normalized spacial score (nSPS) is 10.4. The number of hydrogen-bond acceptors (Lipinski definition) is 4. The molecule has 72 valence electrons. The van der Waals surface area contributed by atoms with E-state index in [1.807, 2.05) is 17.5 Å². The van der Waals surface area contributed by atoms with Gasteiger partial charge in [0.2, 0.25) is 0 Å². The zero-order chi connectivity index (χ0) is 9.97. The number of halogens is 2. The van der Waals surface area contributed by atoms with Crippen LogP contribution >= 0.6 is 50.6 Å². The van der Waals surface area contributed by atoms with E-state index >= 15 is 0 Å². The van der Waals surface area contributed by atoms with Crippen LogP contribution in [0.1, 0.15) is 0 Å². The van der Waals surface area contributed by atoms with E-state index in [1.165, 1.54) is 23.1 Å². The lowest BCUT2D eigenvalue weighted by Crippen LogP contribution is -1.77. The lowest BCUT2D eigenvalue weighted by atomic mass is 10.5. The Hall–Kier alpha value is -0.100. The molecule has 0 aliphatic heterocycles. The van der Waals surface area contributed by atoms with Crippen LogP contribution in [0.3, 0.4) is 0 Å². The van der Waals surface area contributed by atoms with Gasteiger partial charge in [-0.3, -0.25) is 0 Å². The van der Waals surface area contributed by atoms with Gasteiger partial charge in [0.1, 0.15) is 10.2 Å². The van der Waals surface area contributed by atoms with Crippen molar-refractivity contribution in [2.45, 2.75) is 9.37 Å². The summed E-state index contributed by atoms with van der Waals surface area (Å²) in [7, 11) is 0. The molecule has 2 aromatic heterocycles. The molecule has 0 bridgehead atoms. The SMILES string of the molecule is Clc1csc(Sc2ccc(Br)cn2)n1. The second-order valence-electron chi connectivity index (χ2n) is 2.35. The molecular formula is C8H4BrClN2S2. The molecule has 2 nitrogen and oxygen atoms in total. The Kier molecular flexibility index (Phi) is 3.43. The Morgan fingerprint density at radius 2 is 2.29 bits per heavy atom. The fraction of sp³-hybridized carbons (Fsp3) is 0. The number of aromatic nitrogens is 2. The Morgan fingerprint density at radius 1 is 1.43 bits per heavy atom. The van der Waals surface area contributed by atoms with Gasteiger partial charge >= 0.3 is 0 Å². The third-order valence-corrected chi connectivity index (χ3v) is 4.03. The van der Waals surface area contributed by atoms with Crippen molar-refractivity contribution in [2.24, 2.45) is 0 Å². The van der Waals surface area contributed by atoms with Crippen LogP contribution in [-0.4, -0.2) is 9.97 Å². The van der Waals surface area contributed by atoms with Gasteiger partial charge in [-0.05, 0) is 39.8 Å². The van der Waals surface area contributed by atoms with Gasteiger partial charge in [0.25, 0.3) is 0 Å². The van der Waals surface area contributed by atoms with Gasteiger partial charge in [-0.1, -0.05) is 11.6 Å². The van der Waals surface area contributed by atoms with E-state index in [-0.39, 0.29) is 0 Å². The molecular weight excluding hydrogens is 304 g/mol. The first kappa shape index (κ1) is 10.4. The van der Waals surface area contributed by atoms with Crippen molar-refractivity contribution in [2.75, 3.05) is 0 Å². The molecule has 0 aliphatic rings. The topological polar surface area (TPSA) is 25.8 Å². The highest BCUT2D eigenvalue weighted by Crippen LogP contribution is 2.30. The molecule has 2 heterocycles. The standard InChI is InChI=1S/C8H4BrClN2S2/c9-5-1-2-7(11-3-5)14-8-12-6(10)4-13-8/h1-4H. The first-order chi connectivity index (χ1) is 6.74. The summed E-state index contributed by atoms with van der Waals surface area (Å²) in [5.74, 6) is 0. The van der Waals surface area contributed by atoms with Crippen molar-refractivity contribution in [3.63, 3.8) is 0 Å². The van der Waals surface area contributed by atoms with Crippen molar-refractivity contribution in [3.8, 4) is 0 Å². The largest absolute Gasteiger partial charge is 0.248 e. The summed E-state index contributed by atoms with van der Waals surface area (Å²) >= 11 is 12.1. The minimum atomic E-state index is 0.537. The van der Waals surface area contributed by atoms with Crippen LogP contribution in [-0.2, 0) is 0 Å². The molecule has 2 rings (SSSR count). The number of nitrogens with zero attached hydrogens (tertiary/aromatic N) is 2. The molecule has 0 aliphatic carbocycles. The third kappa shape index (κ3) is 2.70. The molecule has 0 spiro atoms. The van der Waals surface area contributed by atoms with Crippen molar-refractivity contribution in [1.82, 2.24) is 9.97 Å². The lowest BCUT2D eigenvalue weighted by Gasteiger charge is -1.95. The Balaban J connectivity index is 2.15. The summed E-state index contributed by atoms with van der Waals surface area (Å²) in [4.78, 5) is 8.35. The van der Waals surface area contributed by atoms with Crippen LogP contribution in [0.25, 0.3) is 0 Å². The van der Waals surface area contributed by atoms with Crippen LogP contribution in [0.15, 0.2) is 37.5 Å². The quantitative estimate of drug-likeness (QED) is 0.835. The van der Waals surface area contributed by atoms with Crippen molar-refractivity contribution in [1.29, 1.82) is 0 Å². The highest BCUT2D eigenvalue weighted by atomic mass is 79.9. The maximum atomic E-state index is 5.71. The minimum Gasteiger partial charge on any atom is -0.248 e. The number of pyridine rings is 1. The van der Waals surface area contributed by atoms with E-state index in [2.05, 4.69) is 25.9 Å². The van der Waals surface area contributed by atoms with E-state index in [9.17, 15) is 0 Å². The molecule has 0 atom stereocenters. The predicted octanol–water partition coefficient (Wildman–Crippen LogP) is 4.11. The zero-order valence-corrected chi connectivity index (χ0v) is 10.8. The number of rotatable bonds is 2. The molecule has 0 radical (unpaired) electrons. The second kappa shape index (κ2) is 4.61. The van der Waals surface area contributed by atoms with Crippen LogP contribution < -0.4 is 0 Å². The Bertz CT molecular complexity index is 429. The monoisotopic (exact) mass is 306 g/mol. The number of hydrogen-bond donors (Lipinski definition) is 0. The second-order valence-corrected chi connectivity index (χ2v) is 5.78. The van der Waals surface area contributed by atoms with Gasteiger partial charge in [0.15, 0.2) is 4.34 Å². The molecule has 6 heteroatoms. The summed E-state index contributed by atoms with van der Waals surface area (Å²) in [6.07, 6.45) is 1.76. The molecule has 14 heavy (non-hydrogen) atoms. The van der Waals surface area contributed by atoms with Gasteiger partial charge < -0.3 is 0 Å². The number of thiazole rings is 1. The molecule has 0 saturated heterocycles. The summed E-state index contributed by atoms with van der Waals surface area (Å²) in [5, 5.41) is 3.26. The molecule has 0 saturated carbocycles. The molecule has 0 N–H and O–H groups in total. The van der Waals surface area contributed by atoms with Gasteiger partial charge in [0.05, 0.1) is 0 Å². The van der Waals surface area contributed by atoms with E-state index in [0.717, 1.165) is 13.8 Å². The molecule has 0 unspecified atom stereocenters. The van der Waals surface area contributed by atoms with Crippen LogP contribution in [0.2, 0.25) is 5.15 Å². The fourth-order valence-corrected chi connectivity index (χ4v) is 2.91. The average molecular weight is 308 g/mol. The van der Waals surface area contributed by atoms with Gasteiger partial charge in [-0.15, -0.1) is 11.3 Å². The minimum absolute atomic E-state index is 0.537. The summed E-state index contributed by atoms with van der Waals surface area (Å²) in [5.41, 5.74) is 0. The lowest BCUT2D eigenvalue weighted by molar-refractivity contribution is 1.12. The first-order valence-electron chi connectivity index (χ1n) is 3.64. The molecule has 0 aromatic carbocycles. The summed E-state index contributed by atoms with van der Waals surface area (Å²) < 4.78 is 1.88. The van der Waals surface area contributed by atoms with Gasteiger partial charge in [0, 0.05) is 16.0 Å². The van der Waals surface area contributed by atoms with Crippen LogP contribution in [0.4, 0.5) is 0 Å². The maximum Gasteiger partial charge on any atom is 0.157 e. The van der Waals surface area contributed by atoms with E-state index < -0.39 is 0 Å². The van der Waals surface area contributed by atoms with Crippen LogP contribution in [0.5, 0.6) is 0 Å². The Morgan fingerprint density at radius 3 is 2.86 bits per heavy atom. The highest BCUT2D eigenvalue weighted by molar-refractivity contribution is 9.10. The summed E-state index contributed by atoms with van der Waals surface area (Å²) in [6.45, 7) is 0.